The van der Waals surface area contributed by atoms with Crippen molar-refractivity contribution >= 4 is 0 Å². The summed E-state index contributed by atoms with van der Waals surface area (Å²) in [6, 6.07) is 3.93. The van der Waals surface area contributed by atoms with Crippen molar-refractivity contribution in [2.24, 2.45) is 0 Å². The molecule has 1 aromatic rings. The number of hydrogen-bond acceptors (Lipinski definition) is 2. The molecule has 1 aromatic carbocycles. The number of rotatable bonds is 0. The van der Waals surface area contributed by atoms with Crippen LogP contribution in [0.4, 0.5) is 0 Å². The minimum absolute atomic E-state index is 0.00634. The Hall–Kier alpha value is -1.22. The van der Waals surface area contributed by atoms with Crippen LogP contribution in [0.15, 0.2) is 12.1 Å². The smallest absolute Gasteiger partial charge is 0.157 e. The summed E-state index contributed by atoms with van der Waals surface area (Å²) in [6.45, 7) is 3.12. The predicted molar refractivity (Wildman–Crippen MR) is 58.8 cm³/mol. The number of phenols is 2. The maximum Gasteiger partial charge on any atom is 0.157 e. The summed E-state index contributed by atoms with van der Waals surface area (Å²) in [4.78, 5) is 0. The summed E-state index contributed by atoms with van der Waals surface area (Å²) in [5, 5.41) is 18.9. The SMILES string of the molecule is CC1Cc2cc(O)c(O)cc2C[N+]1(C)C. The average molecular weight is 208 g/mol. The number of aromatic hydroxyl groups is 2. The van der Waals surface area contributed by atoms with Gasteiger partial charge in [-0.1, -0.05) is 0 Å². The minimum Gasteiger partial charge on any atom is -0.504 e. The largest absolute Gasteiger partial charge is 0.504 e. The molecule has 0 bridgehead atoms. The molecule has 1 aliphatic rings. The Morgan fingerprint density at radius 1 is 1.13 bits per heavy atom. The molecule has 0 spiro atoms. The zero-order valence-corrected chi connectivity index (χ0v) is 9.49. The fraction of sp³-hybridized carbons (Fsp3) is 0.500. The van der Waals surface area contributed by atoms with E-state index in [2.05, 4.69) is 21.0 Å². The highest BCUT2D eigenvalue weighted by Crippen LogP contribution is 2.34. The van der Waals surface area contributed by atoms with E-state index in [0.717, 1.165) is 28.6 Å². The van der Waals surface area contributed by atoms with Gasteiger partial charge in [-0.25, -0.2) is 0 Å². The molecule has 82 valence electrons. The minimum atomic E-state index is -0.0108. The third-order valence-corrected chi connectivity index (χ3v) is 3.58. The van der Waals surface area contributed by atoms with Gasteiger partial charge in [-0.15, -0.1) is 0 Å². The maximum atomic E-state index is 9.45. The third-order valence-electron chi connectivity index (χ3n) is 3.58. The highest BCUT2D eigenvalue weighted by Gasteiger charge is 2.31. The summed E-state index contributed by atoms with van der Waals surface area (Å²) in [5.74, 6) is -0.0172. The molecule has 1 heterocycles. The summed E-state index contributed by atoms with van der Waals surface area (Å²) in [7, 11) is 4.38. The van der Waals surface area contributed by atoms with E-state index < -0.39 is 0 Å². The Labute approximate surface area is 90.2 Å². The molecule has 0 saturated carbocycles. The molecule has 1 unspecified atom stereocenters. The van der Waals surface area contributed by atoms with Gasteiger partial charge >= 0.3 is 0 Å². The fourth-order valence-electron chi connectivity index (χ4n) is 2.16. The van der Waals surface area contributed by atoms with E-state index in [1.54, 1.807) is 12.1 Å². The van der Waals surface area contributed by atoms with E-state index in [4.69, 9.17) is 0 Å². The third kappa shape index (κ3) is 1.67. The summed E-state index contributed by atoms with van der Waals surface area (Å²) in [6.07, 6.45) is 0.955. The molecule has 0 radical (unpaired) electrons. The standard InChI is InChI=1S/C12H17NO2/c1-8-4-9-5-11(14)12(15)6-10(9)7-13(8,2)3/h5-6,8H,4,7H2,1-3H3,(H-,14,15)/p+1. The molecule has 1 aliphatic heterocycles. The van der Waals surface area contributed by atoms with Crippen molar-refractivity contribution in [3.8, 4) is 11.5 Å². The summed E-state index contributed by atoms with van der Waals surface area (Å²) >= 11 is 0. The van der Waals surface area contributed by atoms with Gasteiger partial charge in [0, 0.05) is 12.0 Å². The van der Waals surface area contributed by atoms with Crippen LogP contribution in [0.1, 0.15) is 18.1 Å². The van der Waals surface area contributed by atoms with Crippen molar-refractivity contribution in [2.45, 2.75) is 25.9 Å². The van der Waals surface area contributed by atoms with E-state index in [1.165, 1.54) is 0 Å². The molecule has 0 saturated heterocycles. The highest BCUT2D eigenvalue weighted by molar-refractivity contribution is 5.46. The van der Waals surface area contributed by atoms with Gasteiger partial charge in [-0.2, -0.15) is 0 Å². The second-order valence-electron chi connectivity index (χ2n) is 5.10. The van der Waals surface area contributed by atoms with Gasteiger partial charge in [0.2, 0.25) is 0 Å². The molecule has 0 aliphatic carbocycles. The highest BCUT2D eigenvalue weighted by atomic mass is 16.3. The predicted octanol–water partition coefficient (Wildman–Crippen LogP) is 1.62. The van der Waals surface area contributed by atoms with Gasteiger partial charge in [0.05, 0.1) is 20.1 Å². The monoisotopic (exact) mass is 208 g/mol. The fourth-order valence-corrected chi connectivity index (χ4v) is 2.16. The van der Waals surface area contributed by atoms with Crippen LogP contribution < -0.4 is 0 Å². The second kappa shape index (κ2) is 3.14. The first-order valence-corrected chi connectivity index (χ1v) is 5.26. The number of quaternary nitrogens is 1. The maximum absolute atomic E-state index is 9.45. The van der Waals surface area contributed by atoms with Gasteiger partial charge in [0.15, 0.2) is 11.5 Å². The lowest BCUT2D eigenvalue weighted by Gasteiger charge is -2.40. The number of nitrogens with zero attached hydrogens (tertiary/aromatic N) is 1. The van der Waals surface area contributed by atoms with Crippen LogP contribution in [0.25, 0.3) is 0 Å². The lowest BCUT2D eigenvalue weighted by molar-refractivity contribution is -0.928. The molecule has 0 aromatic heterocycles. The Kier molecular flexibility index (Phi) is 2.15. The first-order chi connectivity index (χ1) is 6.90. The van der Waals surface area contributed by atoms with Crippen molar-refractivity contribution in [3.63, 3.8) is 0 Å². The number of fused-ring (bicyclic) bond motifs is 1. The van der Waals surface area contributed by atoms with E-state index in [1.807, 2.05) is 0 Å². The van der Waals surface area contributed by atoms with Gasteiger partial charge in [-0.3, -0.25) is 0 Å². The molecule has 2 rings (SSSR count). The van der Waals surface area contributed by atoms with Crippen LogP contribution in [0.2, 0.25) is 0 Å². The Bertz CT molecular complexity index is 399. The first kappa shape index (κ1) is 10.3. The Morgan fingerprint density at radius 3 is 2.27 bits per heavy atom. The van der Waals surface area contributed by atoms with Crippen LogP contribution in [0.5, 0.6) is 11.5 Å². The van der Waals surface area contributed by atoms with Crippen molar-refractivity contribution in [3.05, 3.63) is 23.3 Å². The lowest BCUT2D eigenvalue weighted by atomic mass is 9.93. The van der Waals surface area contributed by atoms with Gasteiger partial charge in [0.25, 0.3) is 0 Å². The molecule has 15 heavy (non-hydrogen) atoms. The quantitative estimate of drug-likeness (QED) is 0.502. The number of phenolic OH excluding ortho intramolecular Hbond substituents is 2. The molecule has 0 fully saturated rings. The van der Waals surface area contributed by atoms with Crippen LogP contribution in [-0.4, -0.2) is 34.8 Å². The Morgan fingerprint density at radius 2 is 1.67 bits per heavy atom. The first-order valence-electron chi connectivity index (χ1n) is 5.26. The average Bonchev–Trinajstić information content (AvgIpc) is 2.11. The van der Waals surface area contributed by atoms with Crippen molar-refractivity contribution in [1.29, 1.82) is 0 Å². The van der Waals surface area contributed by atoms with Crippen molar-refractivity contribution in [1.82, 2.24) is 0 Å². The van der Waals surface area contributed by atoms with E-state index in [0.29, 0.717) is 6.04 Å². The normalized spacial score (nSPS) is 23.5. The Balaban J connectivity index is 2.46. The zero-order valence-electron chi connectivity index (χ0n) is 9.49. The van der Waals surface area contributed by atoms with Gasteiger partial charge in [0.1, 0.15) is 6.54 Å². The molecule has 0 amide bonds. The second-order valence-corrected chi connectivity index (χ2v) is 5.10. The van der Waals surface area contributed by atoms with E-state index in [-0.39, 0.29) is 11.5 Å². The molecule has 3 nitrogen and oxygen atoms in total. The topological polar surface area (TPSA) is 40.5 Å². The molecular formula is C12H18NO2+. The molecule has 3 heteroatoms. The number of hydrogen-bond donors (Lipinski definition) is 2. The van der Waals surface area contributed by atoms with Crippen molar-refractivity contribution < 1.29 is 14.7 Å². The van der Waals surface area contributed by atoms with E-state index in [9.17, 15) is 10.2 Å². The molecular weight excluding hydrogens is 190 g/mol. The summed E-state index contributed by atoms with van der Waals surface area (Å²) in [5.41, 5.74) is 2.31. The molecule has 1 atom stereocenters. The summed E-state index contributed by atoms with van der Waals surface area (Å²) < 4.78 is 0.928. The van der Waals surface area contributed by atoms with Crippen LogP contribution in [0.3, 0.4) is 0 Å². The van der Waals surface area contributed by atoms with E-state index >= 15 is 0 Å². The number of likely N-dealkylation sites (N-methyl/N-ethyl adjacent to an activating group) is 1. The zero-order chi connectivity index (χ0) is 11.2. The van der Waals surface area contributed by atoms with Crippen LogP contribution in [-0.2, 0) is 13.0 Å². The van der Waals surface area contributed by atoms with Gasteiger partial charge < -0.3 is 14.7 Å². The van der Waals surface area contributed by atoms with Crippen LogP contribution >= 0.6 is 0 Å². The van der Waals surface area contributed by atoms with Crippen molar-refractivity contribution in [2.75, 3.05) is 14.1 Å². The molecule has 2 N–H and O–H groups in total. The lowest BCUT2D eigenvalue weighted by Crippen LogP contribution is -2.50. The van der Waals surface area contributed by atoms with Crippen LogP contribution in [0, 0.1) is 0 Å². The van der Waals surface area contributed by atoms with Gasteiger partial charge in [-0.05, 0) is 24.6 Å². The number of benzene rings is 1.